The maximum atomic E-state index is 12.0. The van der Waals surface area contributed by atoms with E-state index in [1.165, 1.54) is 4.31 Å². The second-order valence-corrected chi connectivity index (χ2v) is 7.42. The van der Waals surface area contributed by atoms with Crippen LogP contribution in [-0.2, 0) is 14.8 Å². The molecule has 1 rings (SSSR count). The molecule has 1 aliphatic heterocycles. The Bertz CT molecular complexity index is 321. The predicted octanol–water partition coefficient (Wildman–Crippen LogP) is 0.369. The largest absolute Gasteiger partial charge is 0.377 e. The van der Waals surface area contributed by atoms with Gasteiger partial charge in [0.15, 0.2) is 0 Å². The van der Waals surface area contributed by atoms with Crippen LogP contribution in [0.5, 0.6) is 0 Å². The average Bonchev–Trinajstić information content (AvgIpc) is 2.14. The third-order valence-electron chi connectivity index (χ3n) is 2.58. The summed E-state index contributed by atoms with van der Waals surface area (Å²) in [5, 5.41) is 0. The highest BCUT2D eigenvalue weighted by Crippen LogP contribution is 2.21. The third-order valence-corrected chi connectivity index (χ3v) is 4.47. The Morgan fingerprint density at radius 1 is 1.44 bits per heavy atom. The van der Waals surface area contributed by atoms with Crippen molar-refractivity contribution in [1.29, 1.82) is 0 Å². The number of nitrogens with zero attached hydrogens (tertiary/aromatic N) is 1. The zero-order valence-corrected chi connectivity index (χ0v) is 11.1. The first-order valence-corrected chi connectivity index (χ1v) is 7.16. The maximum absolute atomic E-state index is 12.0. The van der Waals surface area contributed by atoms with Crippen molar-refractivity contribution in [3.8, 4) is 0 Å². The molecule has 1 aliphatic rings. The molecule has 1 saturated heterocycles. The van der Waals surface area contributed by atoms with Gasteiger partial charge in [-0.3, -0.25) is 0 Å². The molecule has 0 amide bonds. The summed E-state index contributed by atoms with van der Waals surface area (Å²) in [5.41, 5.74) is 5.74. The number of sulfonamides is 1. The molecule has 0 radical (unpaired) electrons. The number of nitrogens with two attached hydrogens (primary N) is 1. The molecule has 1 heterocycles. The van der Waals surface area contributed by atoms with E-state index in [1.54, 1.807) is 0 Å². The quantitative estimate of drug-likeness (QED) is 0.785. The SMILES string of the molecule is CC(C)(C)CCS(=O)(=O)N1CCOCC1N. The van der Waals surface area contributed by atoms with Gasteiger partial charge in [-0.25, -0.2) is 8.42 Å². The van der Waals surface area contributed by atoms with Crippen molar-refractivity contribution in [2.45, 2.75) is 33.4 Å². The van der Waals surface area contributed by atoms with Crippen LogP contribution < -0.4 is 5.73 Å². The van der Waals surface area contributed by atoms with E-state index in [4.69, 9.17) is 10.5 Å². The molecular formula is C10H22N2O3S. The maximum Gasteiger partial charge on any atom is 0.215 e. The van der Waals surface area contributed by atoms with Gasteiger partial charge in [0.1, 0.15) is 0 Å². The third kappa shape index (κ3) is 4.01. The molecule has 6 heteroatoms. The Morgan fingerprint density at radius 2 is 2.06 bits per heavy atom. The first kappa shape index (κ1) is 13.9. The van der Waals surface area contributed by atoms with Crippen molar-refractivity contribution in [3.63, 3.8) is 0 Å². The lowest BCUT2D eigenvalue weighted by atomic mass is 9.94. The van der Waals surface area contributed by atoms with Gasteiger partial charge in [-0.1, -0.05) is 20.8 Å². The summed E-state index contributed by atoms with van der Waals surface area (Å²) < 4.78 is 30.6. The van der Waals surface area contributed by atoms with Crippen LogP contribution in [0.25, 0.3) is 0 Å². The number of morpholine rings is 1. The Kier molecular flexibility index (Phi) is 4.34. The summed E-state index contributed by atoms with van der Waals surface area (Å²) in [5.74, 6) is 0.157. The molecule has 96 valence electrons. The number of ether oxygens (including phenoxy) is 1. The van der Waals surface area contributed by atoms with E-state index >= 15 is 0 Å². The van der Waals surface area contributed by atoms with Crippen LogP contribution >= 0.6 is 0 Å². The van der Waals surface area contributed by atoms with Gasteiger partial charge in [-0.15, -0.1) is 0 Å². The summed E-state index contributed by atoms with van der Waals surface area (Å²) in [6.45, 7) is 7.18. The number of hydrogen-bond acceptors (Lipinski definition) is 4. The summed E-state index contributed by atoms with van der Waals surface area (Å²) in [6, 6.07) is 0. The van der Waals surface area contributed by atoms with Gasteiger partial charge in [-0.2, -0.15) is 4.31 Å². The second kappa shape index (κ2) is 5.00. The van der Waals surface area contributed by atoms with Crippen LogP contribution in [0.1, 0.15) is 27.2 Å². The van der Waals surface area contributed by atoms with Crippen LogP contribution in [0.4, 0.5) is 0 Å². The number of rotatable bonds is 3. The molecule has 0 bridgehead atoms. The molecule has 0 saturated carbocycles. The van der Waals surface area contributed by atoms with E-state index < -0.39 is 16.2 Å². The highest BCUT2D eigenvalue weighted by molar-refractivity contribution is 7.89. The smallest absolute Gasteiger partial charge is 0.215 e. The molecule has 0 aromatic rings. The van der Waals surface area contributed by atoms with Gasteiger partial charge in [0.05, 0.1) is 25.1 Å². The first-order chi connectivity index (χ1) is 7.22. The predicted molar refractivity (Wildman–Crippen MR) is 63.4 cm³/mol. The fourth-order valence-electron chi connectivity index (χ4n) is 1.51. The highest BCUT2D eigenvalue weighted by atomic mass is 32.2. The molecule has 1 fully saturated rings. The fraction of sp³-hybridized carbons (Fsp3) is 1.00. The van der Waals surface area contributed by atoms with E-state index in [9.17, 15) is 8.42 Å². The molecule has 1 atom stereocenters. The van der Waals surface area contributed by atoms with Gasteiger partial charge in [0, 0.05) is 6.54 Å². The lowest BCUT2D eigenvalue weighted by molar-refractivity contribution is 0.0349. The topological polar surface area (TPSA) is 72.6 Å². The van der Waals surface area contributed by atoms with Gasteiger partial charge in [0.25, 0.3) is 0 Å². The molecule has 2 N–H and O–H groups in total. The van der Waals surface area contributed by atoms with Crippen LogP contribution in [0.3, 0.4) is 0 Å². The minimum Gasteiger partial charge on any atom is -0.377 e. The van der Waals surface area contributed by atoms with Crippen LogP contribution in [0.2, 0.25) is 0 Å². The summed E-state index contributed by atoms with van der Waals surface area (Å²) >= 11 is 0. The Labute approximate surface area is 98.0 Å². The molecule has 0 aromatic carbocycles. The average molecular weight is 250 g/mol. The zero-order chi connectivity index (χ0) is 12.4. The van der Waals surface area contributed by atoms with Crippen molar-refractivity contribution in [2.75, 3.05) is 25.5 Å². The molecule has 5 nitrogen and oxygen atoms in total. The van der Waals surface area contributed by atoms with E-state index in [0.717, 1.165) is 0 Å². The van der Waals surface area contributed by atoms with Gasteiger partial charge < -0.3 is 10.5 Å². The second-order valence-electron chi connectivity index (χ2n) is 5.38. The lowest BCUT2D eigenvalue weighted by Gasteiger charge is -2.32. The van der Waals surface area contributed by atoms with E-state index in [-0.39, 0.29) is 17.8 Å². The fourth-order valence-corrected chi connectivity index (χ4v) is 3.44. The Morgan fingerprint density at radius 3 is 2.56 bits per heavy atom. The molecule has 0 aromatic heterocycles. The van der Waals surface area contributed by atoms with Gasteiger partial charge in [-0.05, 0) is 11.8 Å². The van der Waals surface area contributed by atoms with Crippen molar-refractivity contribution < 1.29 is 13.2 Å². The van der Waals surface area contributed by atoms with E-state index in [1.807, 2.05) is 20.8 Å². The van der Waals surface area contributed by atoms with Gasteiger partial charge in [0.2, 0.25) is 10.0 Å². The monoisotopic (exact) mass is 250 g/mol. The summed E-state index contributed by atoms with van der Waals surface area (Å²) in [6.07, 6.45) is 0.109. The van der Waals surface area contributed by atoms with Crippen LogP contribution in [-0.4, -0.2) is 44.4 Å². The van der Waals surface area contributed by atoms with E-state index in [2.05, 4.69) is 0 Å². The normalized spacial score (nSPS) is 24.6. The highest BCUT2D eigenvalue weighted by Gasteiger charge is 2.31. The number of hydrogen-bond donors (Lipinski definition) is 1. The lowest BCUT2D eigenvalue weighted by Crippen LogP contribution is -2.54. The molecular weight excluding hydrogens is 228 g/mol. The van der Waals surface area contributed by atoms with Crippen molar-refractivity contribution in [2.24, 2.45) is 11.1 Å². The Balaban J connectivity index is 2.62. The van der Waals surface area contributed by atoms with Crippen molar-refractivity contribution in [3.05, 3.63) is 0 Å². The van der Waals surface area contributed by atoms with Crippen molar-refractivity contribution >= 4 is 10.0 Å². The summed E-state index contributed by atoms with van der Waals surface area (Å²) in [4.78, 5) is 0. The van der Waals surface area contributed by atoms with Crippen molar-refractivity contribution in [1.82, 2.24) is 4.31 Å². The first-order valence-electron chi connectivity index (χ1n) is 5.55. The molecule has 0 spiro atoms. The summed E-state index contributed by atoms with van der Waals surface area (Å²) in [7, 11) is -3.24. The van der Waals surface area contributed by atoms with Gasteiger partial charge >= 0.3 is 0 Å². The van der Waals surface area contributed by atoms with E-state index in [0.29, 0.717) is 19.6 Å². The van der Waals surface area contributed by atoms with Crippen LogP contribution in [0, 0.1) is 5.41 Å². The molecule has 16 heavy (non-hydrogen) atoms. The standard InChI is InChI=1S/C10H22N2O3S/c1-10(2,3)4-7-16(13,14)12-5-6-15-8-9(12)11/h9H,4-8,11H2,1-3H3. The minimum atomic E-state index is -3.24. The van der Waals surface area contributed by atoms with Crippen LogP contribution in [0.15, 0.2) is 0 Å². The molecule has 1 unspecified atom stereocenters. The Hall–Kier alpha value is -0.170. The zero-order valence-electron chi connectivity index (χ0n) is 10.3. The molecule has 0 aliphatic carbocycles. The minimum absolute atomic E-state index is 0.0173.